The molecule has 0 N–H and O–H groups in total. The summed E-state index contributed by atoms with van der Waals surface area (Å²) in [6.07, 6.45) is -4.42. The molecule has 1 rings (SSSR count). The van der Waals surface area contributed by atoms with Gasteiger partial charge < -0.3 is 12.6 Å². The van der Waals surface area contributed by atoms with Gasteiger partial charge in [0.1, 0.15) is 0 Å². The molecule has 0 amide bonds. The zero-order chi connectivity index (χ0) is 9.35. The van der Waals surface area contributed by atoms with Crippen LogP contribution in [0.15, 0.2) is 23.1 Å². The Kier molecular flexibility index (Phi) is 2.49. The monoisotopic (exact) mass is 211 g/mol. The molecule has 0 aromatic heterocycles. The zero-order valence-corrected chi connectivity index (χ0v) is 7.22. The number of benzene rings is 1. The molecule has 0 radical (unpaired) electrons. The van der Waals surface area contributed by atoms with Gasteiger partial charge in [-0.05, 0) is 6.07 Å². The second-order valence-electron chi connectivity index (χ2n) is 2.14. The summed E-state index contributed by atoms with van der Waals surface area (Å²) >= 11 is 9.88. The van der Waals surface area contributed by atoms with E-state index in [0.29, 0.717) is 0 Å². The summed E-state index contributed by atoms with van der Waals surface area (Å²) in [6, 6.07) is 3.34. The van der Waals surface area contributed by atoms with E-state index in [1.54, 1.807) is 0 Å². The lowest BCUT2D eigenvalue weighted by atomic mass is 10.2. The van der Waals surface area contributed by atoms with Crippen LogP contribution in [0.5, 0.6) is 0 Å². The van der Waals surface area contributed by atoms with Crippen LogP contribution < -0.4 is 0 Å². The Morgan fingerprint density at radius 2 is 1.83 bits per heavy atom. The van der Waals surface area contributed by atoms with E-state index in [4.69, 9.17) is 11.6 Å². The summed E-state index contributed by atoms with van der Waals surface area (Å²) in [5.74, 6) is 0. The maximum Gasteiger partial charge on any atom is 0.417 e. The Hall–Kier alpha value is -0.480. The van der Waals surface area contributed by atoms with Crippen LogP contribution in [0.2, 0.25) is 5.02 Å². The van der Waals surface area contributed by atoms with E-state index in [2.05, 4.69) is 12.6 Å². The van der Waals surface area contributed by atoms with Crippen molar-refractivity contribution in [3.63, 3.8) is 0 Å². The number of hydrogen-bond acceptors (Lipinski definition) is 1. The lowest BCUT2D eigenvalue weighted by Crippen LogP contribution is -2.05. The molecule has 0 atom stereocenters. The van der Waals surface area contributed by atoms with E-state index in [-0.39, 0.29) is 9.92 Å². The molecule has 12 heavy (non-hydrogen) atoms. The standard InChI is InChI=1S/C7H4ClF3S/c8-6-2-1-4(12)3-5(6)7(9,10)11/h1-3,12H/p-1. The molecule has 0 aliphatic rings. The van der Waals surface area contributed by atoms with Crippen LogP contribution in [0.25, 0.3) is 0 Å². The first-order valence-electron chi connectivity index (χ1n) is 2.95. The largest absolute Gasteiger partial charge is 0.780 e. The Morgan fingerprint density at radius 3 is 2.25 bits per heavy atom. The van der Waals surface area contributed by atoms with E-state index < -0.39 is 11.7 Å². The summed E-state index contributed by atoms with van der Waals surface area (Å²) < 4.78 is 36.3. The number of halogens is 4. The van der Waals surface area contributed by atoms with Gasteiger partial charge >= 0.3 is 6.18 Å². The fourth-order valence-corrected chi connectivity index (χ4v) is 1.13. The fraction of sp³-hybridized carbons (Fsp3) is 0.143. The molecular weight excluding hydrogens is 209 g/mol. The predicted octanol–water partition coefficient (Wildman–Crippen LogP) is 3.26. The second-order valence-corrected chi connectivity index (χ2v) is 3.02. The van der Waals surface area contributed by atoms with Gasteiger partial charge in [-0.15, -0.1) is 0 Å². The molecule has 66 valence electrons. The van der Waals surface area contributed by atoms with Crippen molar-refractivity contribution in [3.05, 3.63) is 28.8 Å². The molecule has 1 aromatic rings. The normalized spacial score (nSPS) is 11.7. The molecule has 0 fully saturated rings. The van der Waals surface area contributed by atoms with E-state index in [9.17, 15) is 13.2 Å². The van der Waals surface area contributed by atoms with Crippen molar-refractivity contribution in [1.82, 2.24) is 0 Å². The van der Waals surface area contributed by atoms with Gasteiger partial charge in [0, 0.05) is 0 Å². The molecule has 5 heteroatoms. The third kappa shape index (κ3) is 2.01. The van der Waals surface area contributed by atoms with Crippen LogP contribution in [0, 0.1) is 0 Å². The highest BCUT2D eigenvalue weighted by atomic mass is 35.5. The molecule has 0 aliphatic heterocycles. The van der Waals surface area contributed by atoms with Crippen molar-refractivity contribution in [1.29, 1.82) is 0 Å². The molecule has 0 aliphatic carbocycles. The van der Waals surface area contributed by atoms with Crippen LogP contribution in [-0.4, -0.2) is 0 Å². The first kappa shape index (κ1) is 9.61. The lowest BCUT2D eigenvalue weighted by molar-refractivity contribution is -0.137. The smallest absolute Gasteiger partial charge is 0.417 e. The quantitative estimate of drug-likeness (QED) is 0.594. The van der Waals surface area contributed by atoms with Gasteiger partial charge in [0.25, 0.3) is 0 Å². The third-order valence-electron chi connectivity index (χ3n) is 1.24. The number of alkyl halides is 3. The molecule has 0 saturated carbocycles. The van der Waals surface area contributed by atoms with E-state index in [1.807, 2.05) is 0 Å². The average molecular weight is 212 g/mol. The van der Waals surface area contributed by atoms with Crippen molar-refractivity contribution in [2.45, 2.75) is 11.1 Å². The van der Waals surface area contributed by atoms with Crippen LogP contribution in [0.3, 0.4) is 0 Å². The minimum Gasteiger partial charge on any atom is -0.780 e. The minimum absolute atomic E-state index is 0.131. The highest BCUT2D eigenvalue weighted by Gasteiger charge is 2.32. The Labute approximate surface area is 77.8 Å². The van der Waals surface area contributed by atoms with Gasteiger partial charge in [-0.2, -0.15) is 18.1 Å². The van der Waals surface area contributed by atoms with Gasteiger partial charge in [0.2, 0.25) is 0 Å². The SMILES string of the molecule is FC(F)(F)c1cc([S-])ccc1Cl. The van der Waals surface area contributed by atoms with Crippen molar-refractivity contribution in [2.24, 2.45) is 0 Å². The van der Waals surface area contributed by atoms with Crippen LogP contribution in [0.4, 0.5) is 13.2 Å². The Balaban J connectivity index is 3.23. The Bertz CT molecular complexity index is 295. The minimum atomic E-state index is -4.42. The van der Waals surface area contributed by atoms with Crippen LogP contribution >= 0.6 is 11.6 Å². The van der Waals surface area contributed by atoms with Crippen molar-refractivity contribution in [2.75, 3.05) is 0 Å². The van der Waals surface area contributed by atoms with Gasteiger partial charge in [-0.1, -0.05) is 23.7 Å². The highest BCUT2D eigenvalue weighted by Crippen LogP contribution is 2.34. The van der Waals surface area contributed by atoms with Crippen LogP contribution in [0.1, 0.15) is 5.56 Å². The van der Waals surface area contributed by atoms with E-state index in [0.717, 1.165) is 12.1 Å². The molecule has 0 nitrogen and oxygen atoms in total. The van der Waals surface area contributed by atoms with Crippen molar-refractivity contribution >= 4 is 24.2 Å². The Morgan fingerprint density at radius 1 is 1.25 bits per heavy atom. The second kappa shape index (κ2) is 3.11. The van der Waals surface area contributed by atoms with Crippen molar-refractivity contribution < 1.29 is 13.2 Å². The van der Waals surface area contributed by atoms with Crippen LogP contribution in [-0.2, 0) is 18.8 Å². The van der Waals surface area contributed by atoms with Gasteiger partial charge in [-0.3, -0.25) is 0 Å². The maximum absolute atomic E-state index is 12.1. The average Bonchev–Trinajstić information content (AvgIpc) is 1.92. The maximum atomic E-state index is 12.1. The first-order chi connectivity index (χ1) is 5.41. The van der Waals surface area contributed by atoms with E-state index >= 15 is 0 Å². The van der Waals surface area contributed by atoms with Crippen molar-refractivity contribution in [3.8, 4) is 0 Å². The molecule has 0 heterocycles. The molecule has 0 unspecified atom stereocenters. The molecular formula is C7H3ClF3S-. The number of rotatable bonds is 0. The summed E-state index contributed by atoms with van der Waals surface area (Å²) in [7, 11) is 0. The van der Waals surface area contributed by atoms with Gasteiger partial charge in [0.15, 0.2) is 0 Å². The summed E-state index contributed by atoms with van der Waals surface area (Å²) in [5, 5.41) is -0.323. The topological polar surface area (TPSA) is 0 Å². The number of hydrogen-bond donors (Lipinski definition) is 0. The van der Waals surface area contributed by atoms with Gasteiger partial charge in [0.05, 0.1) is 10.6 Å². The summed E-state index contributed by atoms with van der Waals surface area (Å²) in [4.78, 5) is 0.131. The highest BCUT2D eigenvalue weighted by molar-refractivity contribution is 7.58. The fourth-order valence-electron chi connectivity index (χ4n) is 0.722. The lowest BCUT2D eigenvalue weighted by Gasteiger charge is -2.12. The summed E-state index contributed by atoms with van der Waals surface area (Å²) in [5.41, 5.74) is -0.878. The molecule has 0 spiro atoms. The van der Waals surface area contributed by atoms with Gasteiger partial charge in [-0.25, -0.2) is 0 Å². The van der Waals surface area contributed by atoms with E-state index in [1.165, 1.54) is 6.07 Å². The first-order valence-corrected chi connectivity index (χ1v) is 3.73. The summed E-state index contributed by atoms with van der Waals surface area (Å²) in [6.45, 7) is 0. The molecule has 1 aromatic carbocycles. The third-order valence-corrected chi connectivity index (χ3v) is 1.83. The molecule has 0 saturated heterocycles. The molecule has 0 bridgehead atoms. The predicted molar refractivity (Wildman–Crippen MR) is 42.1 cm³/mol. The zero-order valence-electron chi connectivity index (χ0n) is 5.65.